The number of nitrogens with zero attached hydrogens (tertiary/aromatic N) is 3. The van der Waals surface area contributed by atoms with Crippen LogP contribution in [0.4, 0.5) is 5.13 Å². The van der Waals surface area contributed by atoms with E-state index in [9.17, 15) is 4.79 Å². The molecule has 0 spiro atoms. The summed E-state index contributed by atoms with van der Waals surface area (Å²) in [7, 11) is 0. The van der Waals surface area contributed by atoms with Gasteiger partial charge in [-0.3, -0.25) is 14.6 Å². The third-order valence-electron chi connectivity index (χ3n) is 4.69. The number of halogens is 1. The Morgan fingerprint density at radius 2 is 2.15 bits per heavy atom. The van der Waals surface area contributed by atoms with Crippen LogP contribution in [-0.4, -0.2) is 55.2 Å². The van der Waals surface area contributed by atoms with Crippen molar-refractivity contribution in [2.24, 2.45) is 0 Å². The third-order valence-corrected chi connectivity index (χ3v) is 6.15. The van der Waals surface area contributed by atoms with Gasteiger partial charge in [0.2, 0.25) is 5.91 Å². The molecule has 0 bridgehead atoms. The highest BCUT2D eigenvalue weighted by Crippen LogP contribution is 2.34. The van der Waals surface area contributed by atoms with Crippen molar-refractivity contribution in [3.8, 4) is 0 Å². The highest BCUT2D eigenvalue weighted by Gasteiger charge is 2.20. The third kappa shape index (κ3) is 4.55. The zero-order valence-corrected chi connectivity index (χ0v) is 17.0. The number of hydrogen-bond donors (Lipinski definition) is 0. The topological polar surface area (TPSA) is 45.7 Å². The van der Waals surface area contributed by atoms with Crippen molar-refractivity contribution in [1.82, 2.24) is 9.88 Å². The zero-order chi connectivity index (χ0) is 18.5. The summed E-state index contributed by atoms with van der Waals surface area (Å²) >= 11 is 7.80. The Hall–Kier alpha value is -1.21. The van der Waals surface area contributed by atoms with E-state index >= 15 is 0 Å². The second-order valence-corrected chi connectivity index (χ2v) is 8.03. The maximum Gasteiger partial charge on any atom is 0.228 e. The molecular weight excluding hydrogens is 370 g/mol. The average Bonchev–Trinajstić information content (AvgIpc) is 3.07. The van der Waals surface area contributed by atoms with Gasteiger partial charge in [0.15, 0.2) is 5.13 Å². The first-order valence-electron chi connectivity index (χ1n) is 9.26. The molecule has 1 aliphatic heterocycles. The summed E-state index contributed by atoms with van der Waals surface area (Å²) in [6.45, 7) is 9.24. The van der Waals surface area contributed by atoms with Gasteiger partial charge in [0, 0.05) is 37.6 Å². The molecule has 2 aromatic rings. The van der Waals surface area contributed by atoms with Crippen LogP contribution in [0.3, 0.4) is 0 Å². The van der Waals surface area contributed by atoms with E-state index < -0.39 is 0 Å². The molecule has 0 unspecified atom stereocenters. The Bertz CT molecular complexity index is 759. The van der Waals surface area contributed by atoms with Gasteiger partial charge < -0.3 is 4.74 Å². The quantitative estimate of drug-likeness (QED) is 0.707. The van der Waals surface area contributed by atoms with E-state index in [1.165, 1.54) is 0 Å². The maximum absolute atomic E-state index is 12.7. The molecule has 5 nitrogen and oxygen atoms in total. The number of fused-ring (bicyclic) bond motifs is 1. The van der Waals surface area contributed by atoms with Crippen molar-refractivity contribution in [3.63, 3.8) is 0 Å². The molecule has 1 amide bonds. The molecule has 1 aromatic heterocycles. The fourth-order valence-corrected chi connectivity index (χ4v) is 4.38. The molecular formula is C19H26ClN3O2S. The lowest BCUT2D eigenvalue weighted by molar-refractivity contribution is -0.118. The van der Waals surface area contributed by atoms with Crippen LogP contribution in [0.5, 0.6) is 0 Å². The number of carbonyl (C=O) groups is 1. The summed E-state index contributed by atoms with van der Waals surface area (Å²) in [5, 5.41) is 1.50. The number of amides is 1. The minimum absolute atomic E-state index is 0.150. The van der Waals surface area contributed by atoms with E-state index in [4.69, 9.17) is 21.3 Å². The molecule has 0 atom stereocenters. The first-order chi connectivity index (χ1) is 12.6. The van der Waals surface area contributed by atoms with Gasteiger partial charge in [-0.25, -0.2) is 4.98 Å². The molecule has 2 heterocycles. The van der Waals surface area contributed by atoms with Gasteiger partial charge in [0.1, 0.15) is 0 Å². The number of morpholine rings is 1. The summed E-state index contributed by atoms with van der Waals surface area (Å²) in [5.74, 6) is 0.150. The van der Waals surface area contributed by atoms with Crippen LogP contribution in [0.1, 0.15) is 31.7 Å². The Morgan fingerprint density at radius 1 is 1.38 bits per heavy atom. The van der Waals surface area contributed by atoms with E-state index in [-0.39, 0.29) is 5.91 Å². The molecule has 26 heavy (non-hydrogen) atoms. The molecule has 0 saturated carbocycles. The Labute approximate surface area is 163 Å². The minimum atomic E-state index is 0.150. The minimum Gasteiger partial charge on any atom is -0.379 e. The lowest BCUT2D eigenvalue weighted by atomic mass is 10.2. The predicted molar refractivity (Wildman–Crippen MR) is 109 cm³/mol. The number of anilines is 1. The summed E-state index contributed by atoms with van der Waals surface area (Å²) in [6.07, 6.45) is 2.33. The van der Waals surface area contributed by atoms with Crippen LogP contribution in [0.2, 0.25) is 5.02 Å². The molecule has 1 fully saturated rings. The lowest BCUT2D eigenvalue weighted by Crippen LogP contribution is -2.39. The second kappa shape index (κ2) is 9.13. The van der Waals surface area contributed by atoms with Crippen LogP contribution in [0.25, 0.3) is 10.2 Å². The molecule has 1 saturated heterocycles. The Morgan fingerprint density at radius 3 is 2.88 bits per heavy atom. The van der Waals surface area contributed by atoms with Crippen molar-refractivity contribution in [3.05, 3.63) is 22.7 Å². The van der Waals surface area contributed by atoms with Gasteiger partial charge in [0.25, 0.3) is 0 Å². The van der Waals surface area contributed by atoms with E-state index in [0.29, 0.717) is 18.0 Å². The van der Waals surface area contributed by atoms with Crippen LogP contribution in [0, 0.1) is 6.92 Å². The van der Waals surface area contributed by atoms with Crippen LogP contribution < -0.4 is 4.90 Å². The monoisotopic (exact) mass is 395 g/mol. The average molecular weight is 396 g/mol. The van der Waals surface area contributed by atoms with Crippen molar-refractivity contribution in [2.45, 2.75) is 33.1 Å². The molecule has 0 N–H and O–H groups in total. The Balaban J connectivity index is 1.75. The maximum atomic E-state index is 12.7. The van der Waals surface area contributed by atoms with E-state index in [1.807, 2.05) is 30.9 Å². The summed E-state index contributed by atoms with van der Waals surface area (Å²) < 4.78 is 6.47. The number of hydrogen-bond acceptors (Lipinski definition) is 5. The summed E-state index contributed by atoms with van der Waals surface area (Å²) in [6, 6.07) is 3.89. The van der Waals surface area contributed by atoms with Crippen LogP contribution in [-0.2, 0) is 9.53 Å². The highest BCUT2D eigenvalue weighted by atomic mass is 35.5. The SMILES string of the molecule is CCCC(=O)N(CCCN1CCOCC1)c1nc2c(C)c(Cl)ccc2s1. The smallest absolute Gasteiger partial charge is 0.228 e. The summed E-state index contributed by atoms with van der Waals surface area (Å²) in [5.41, 5.74) is 1.88. The molecule has 142 valence electrons. The first kappa shape index (κ1) is 19.5. The molecule has 1 aliphatic rings. The number of ether oxygens (including phenoxy) is 1. The fourth-order valence-electron chi connectivity index (χ4n) is 3.16. The van der Waals surface area contributed by atoms with Gasteiger partial charge in [-0.15, -0.1) is 0 Å². The molecule has 1 aromatic carbocycles. The zero-order valence-electron chi connectivity index (χ0n) is 15.5. The lowest BCUT2D eigenvalue weighted by Gasteiger charge is -2.27. The van der Waals surface area contributed by atoms with Crippen LogP contribution in [0.15, 0.2) is 12.1 Å². The van der Waals surface area contributed by atoms with Crippen LogP contribution >= 0.6 is 22.9 Å². The van der Waals surface area contributed by atoms with Gasteiger partial charge in [-0.2, -0.15) is 0 Å². The van der Waals surface area contributed by atoms with Crippen molar-refractivity contribution in [2.75, 3.05) is 44.3 Å². The largest absolute Gasteiger partial charge is 0.379 e. The molecule has 7 heteroatoms. The number of benzene rings is 1. The number of rotatable bonds is 7. The molecule has 0 radical (unpaired) electrons. The van der Waals surface area contributed by atoms with Crippen molar-refractivity contribution >= 4 is 44.2 Å². The van der Waals surface area contributed by atoms with E-state index in [1.54, 1.807) is 11.3 Å². The standard InChI is InChI=1S/C19H26ClN3O2S/c1-3-5-17(24)23(9-4-8-22-10-12-25-13-11-22)19-21-18-14(2)15(20)6-7-16(18)26-19/h6-7H,3-5,8-13H2,1-2H3. The number of carbonyl (C=O) groups excluding carboxylic acids is 1. The van der Waals surface area contributed by atoms with E-state index in [2.05, 4.69) is 4.90 Å². The predicted octanol–water partition coefficient (Wildman–Crippen LogP) is 4.11. The normalized spacial score (nSPS) is 15.5. The van der Waals surface area contributed by atoms with Gasteiger partial charge in [-0.05, 0) is 37.5 Å². The van der Waals surface area contributed by atoms with Crippen molar-refractivity contribution < 1.29 is 9.53 Å². The summed E-state index contributed by atoms with van der Waals surface area (Å²) in [4.78, 5) is 21.7. The van der Waals surface area contributed by atoms with Gasteiger partial charge in [0.05, 0.1) is 23.4 Å². The van der Waals surface area contributed by atoms with Gasteiger partial charge >= 0.3 is 0 Å². The van der Waals surface area contributed by atoms with Crippen molar-refractivity contribution in [1.29, 1.82) is 0 Å². The number of aromatic nitrogens is 1. The second-order valence-electron chi connectivity index (χ2n) is 6.62. The fraction of sp³-hybridized carbons (Fsp3) is 0.579. The number of aryl methyl sites for hydroxylation is 1. The number of thiazole rings is 1. The Kier molecular flexibility index (Phi) is 6.86. The molecule has 0 aliphatic carbocycles. The first-order valence-corrected chi connectivity index (χ1v) is 10.5. The van der Waals surface area contributed by atoms with E-state index in [0.717, 1.165) is 66.6 Å². The molecule has 3 rings (SSSR count). The highest BCUT2D eigenvalue weighted by molar-refractivity contribution is 7.22. The van der Waals surface area contributed by atoms with Gasteiger partial charge in [-0.1, -0.05) is 29.9 Å².